The first kappa shape index (κ1) is 23.9. The molecule has 2 rings (SSSR count). The summed E-state index contributed by atoms with van der Waals surface area (Å²) in [6.45, 7) is 7.68. The Kier molecular flexibility index (Phi) is 7.23. The highest BCUT2D eigenvalue weighted by Gasteiger charge is 2.38. The third kappa shape index (κ3) is 5.41. The molecular formula is C20H24Cl2FNO4S. The van der Waals surface area contributed by atoms with Crippen molar-refractivity contribution >= 4 is 38.9 Å². The molecule has 0 aromatic heterocycles. The Morgan fingerprint density at radius 1 is 1.07 bits per heavy atom. The molecule has 5 nitrogen and oxygen atoms in total. The molecule has 0 heterocycles. The Balaban J connectivity index is 2.19. The highest BCUT2D eigenvalue weighted by Crippen LogP contribution is 2.32. The van der Waals surface area contributed by atoms with Crippen LogP contribution in [-0.2, 0) is 26.1 Å². The number of methoxy groups -OCH3 is 1. The Labute approximate surface area is 181 Å². The molecule has 0 aliphatic carbocycles. The lowest BCUT2D eigenvalue weighted by Crippen LogP contribution is -2.48. The number of nitrogens with one attached hydrogen (secondary N) is 1. The van der Waals surface area contributed by atoms with E-state index in [1.165, 1.54) is 30.3 Å². The average Bonchev–Trinajstić information content (AvgIpc) is 2.64. The topological polar surface area (TPSA) is 64.6 Å². The van der Waals surface area contributed by atoms with Crippen LogP contribution in [0.25, 0.3) is 0 Å². The molecule has 2 aromatic carbocycles. The van der Waals surface area contributed by atoms with Gasteiger partial charge in [0.05, 0.1) is 33.5 Å². The predicted molar refractivity (Wildman–Crippen MR) is 114 cm³/mol. The van der Waals surface area contributed by atoms with E-state index in [9.17, 15) is 12.8 Å². The maximum Gasteiger partial charge on any atom is 0.263 e. The van der Waals surface area contributed by atoms with Gasteiger partial charge in [0.1, 0.15) is 10.7 Å². The van der Waals surface area contributed by atoms with Crippen molar-refractivity contribution in [3.05, 3.63) is 57.8 Å². The minimum atomic E-state index is -4.11. The van der Waals surface area contributed by atoms with Crippen LogP contribution < -0.4 is 4.72 Å². The molecule has 9 heteroatoms. The predicted octanol–water partition coefficient (Wildman–Crippen LogP) is 5.65. The van der Waals surface area contributed by atoms with E-state index in [1.807, 2.05) is 27.7 Å². The Morgan fingerprint density at radius 2 is 1.72 bits per heavy atom. The molecule has 0 bridgehead atoms. The Hall–Kier alpha value is -1.38. The summed E-state index contributed by atoms with van der Waals surface area (Å²) in [4.78, 5) is -0.234. The van der Waals surface area contributed by atoms with Gasteiger partial charge in [0.2, 0.25) is 0 Å². The van der Waals surface area contributed by atoms with E-state index in [0.29, 0.717) is 5.56 Å². The van der Waals surface area contributed by atoms with Gasteiger partial charge in [0.25, 0.3) is 10.0 Å². The lowest BCUT2D eigenvalue weighted by Gasteiger charge is -2.40. The molecular weight excluding hydrogens is 440 g/mol. The quantitative estimate of drug-likeness (QED) is 0.548. The summed E-state index contributed by atoms with van der Waals surface area (Å²) in [5.41, 5.74) is -0.855. The summed E-state index contributed by atoms with van der Waals surface area (Å²) < 4.78 is 53.2. The molecule has 29 heavy (non-hydrogen) atoms. The third-order valence-electron chi connectivity index (χ3n) is 5.04. The van der Waals surface area contributed by atoms with E-state index in [4.69, 9.17) is 32.7 Å². The number of benzene rings is 2. The fourth-order valence-electron chi connectivity index (χ4n) is 2.31. The molecule has 2 aromatic rings. The number of hydrogen-bond acceptors (Lipinski definition) is 4. The summed E-state index contributed by atoms with van der Waals surface area (Å²) in [6, 6.07) is 8.33. The molecule has 0 saturated heterocycles. The van der Waals surface area contributed by atoms with Crippen molar-refractivity contribution in [2.24, 2.45) is 0 Å². The van der Waals surface area contributed by atoms with Crippen molar-refractivity contribution in [3.8, 4) is 0 Å². The molecule has 0 amide bonds. The van der Waals surface area contributed by atoms with Gasteiger partial charge in [0.15, 0.2) is 0 Å². The van der Waals surface area contributed by atoms with Gasteiger partial charge in [-0.25, -0.2) is 12.8 Å². The summed E-state index contributed by atoms with van der Waals surface area (Å²) in [7, 11) is -2.52. The zero-order chi connectivity index (χ0) is 22.0. The second-order valence-electron chi connectivity index (χ2n) is 7.49. The van der Waals surface area contributed by atoms with Gasteiger partial charge in [-0.15, -0.1) is 0 Å². The molecule has 0 spiro atoms. The van der Waals surface area contributed by atoms with E-state index >= 15 is 0 Å². The first-order valence-corrected chi connectivity index (χ1v) is 11.0. The number of ether oxygens (including phenoxy) is 2. The lowest BCUT2D eigenvalue weighted by atomic mass is 9.89. The highest BCUT2D eigenvalue weighted by molar-refractivity contribution is 7.92. The van der Waals surface area contributed by atoms with Crippen LogP contribution in [-0.4, -0.2) is 26.7 Å². The van der Waals surface area contributed by atoms with Crippen molar-refractivity contribution in [2.75, 3.05) is 11.8 Å². The van der Waals surface area contributed by atoms with Gasteiger partial charge in [0, 0.05) is 7.11 Å². The molecule has 0 unspecified atom stereocenters. The maximum atomic E-state index is 14.5. The van der Waals surface area contributed by atoms with Gasteiger partial charge in [-0.1, -0.05) is 35.3 Å². The van der Waals surface area contributed by atoms with E-state index in [2.05, 4.69) is 4.72 Å². The van der Waals surface area contributed by atoms with E-state index < -0.39 is 27.0 Å². The first-order valence-electron chi connectivity index (χ1n) is 8.75. The van der Waals surface area contributed by atoms with Gasteiger partial charge >= 0.3 is 0 Å². The molecule has 0 saturated carbocycles. The van der Waals surface area contributed by atoms with E-state index in [0.717, 1.165) is 0 Å². The van der Waals surface area contributed by atoms with Gasteiger partial charge in [-0.2, -0.15) is 0 Å². The van der Waals surface area contributed by atoms with E-state index in [-0.39, 0.29) is 27.2 Å². The SMILES string of the molecule is COC(C)(C)C(C)(C)OCc1ccc(NS(=O)(=O)c2cccc(Cl)c2Cl)c(F)c1. The van der Waals surface area contributed by atoms with Crippen LogP contribution in [0.3, 0.4) is 0 Å². The second-order valence-corrected chi connectivity index (χ2v) is 9.92. The van der Waals surface area contributed by atoms with Crippen LogP contribution in [0.5, 0.6) is 0 Å². The van der Waals surface area contributed by atoms with Crippen LogP contribution in [0.2, 0.25) is 10.0 Å². The van der Waals surface area contributed by atoms with Crippen LogP contribution in [0.4, 0.5) is 10.1 Å². The van der Waals surface area contributed by atoms with Crippen molar-refractivity contribution in [1.82, 2.24) is 0 Å². The fourth-order valence-corrected chi connectivity index (χ4v) is 4.14. The zero-order valence-electron chi connectivity index (χ0n) is 16.8. The van der Waals surface area contributed by atoms with Crippen LogP contribution in [0.1, 0.15) is 33.3 Å². The molecule has 0 fully saturated rings. The third-order valence-corrected chi connectivity index (χ3v) is 7.38. The molecule has 1 N–H and O–H groups in total. The average molecular weight is 464 g/mol. The summed E-state index contributed by atoms with van der Waals surface area (Å²) in [6.07, 6.45) is 0. The standard InChI is InChI=1S/C20H24Cl2FNO4S/c1-19(2,27-5)20(3,4)28-12-13-9-10-16(15(23)11-13)24-29(25,26)17-8-6-7-14(21)18(17)22/h6-11,24H,12H2,1-5H3. The minimum Gasteiger partial charge on any atom is -0.376 e. The van der Waals surface area contributed by atoms with Crippen molar-refractivity contribution in [1.29, 1.82) is 0 Å². The zero-order valence-corrected chi connectivity index (χ0v) is 19.2. The summed E-state index contributed by atoms with van der Waals surface area (Å²) >= 11 is 11.8. The van der Waals surface area contributed by atoms with Crippen LogP contribution >= 0.6 is 23.2 Å². The Morgan fingerprint density at radius 3 is 2.31 bits per heavy atom. The smallest absolute Gasteiger partial charge is 0.263 e. The van der Waals surface area contributed by atoms with Gasteiger partial charge in [-0.3, -0.25) is 4.72 Å². The molecule has 0 atom stereocenters. The monoisotopic (exact) mass is 463 g/mol. The first-order chi connectivity index (χ1) is 13.3. The lowest BCUT2D eigenvalue weighted by molar-refractivity contribution is -0.169. The van der Waals surface area contributed by atoms with Crippen molar-refractivity contribution < 1.29 is 22.3 Å². The number of sulfonamides is 1. The minimum absolute atomic E-state index is 0.0871. The Bertz CT molecular complexity index is 994. The largest absolute Gasteiger partial charge is 0.376 e. The fraction of sp³-hybridized carbons (Fsp3) is 0.400. The number of halogens is 3. The molecule has 0 aliphatic heterocycles. The molecule has 0 radical (unpaired) electrons. The molecule has 160 valence electrons. The summed E-state index contributed by atoms with van der Waals surface area (Å²) in [5, 5.41) is -0.0424. The van der Waals surface area contributed by atoms with Crippen LogP contribution in [0, 0.1) is 5.82 Å². The van der Waals surface area contributed by atoms with Crippen LogP contribution in [0.15, 0.2) is 41.3 Å². The number of rotatable bonds is 8. The highest BCUT2D eigenvalue weighted by atomic mass is 35.5. The number of hydrogen-bond donors (Lipinski definition) is 1. The van der Waals surface area contributed by atoms with Gasteiger partial charge in [-0.05, 0) is 57.5 Å². The number of anilines is 1. The second kappa shape index (κ2) is 8.78. The van der Waals surface area contributed by atoms with Crippen molar-refractivity contribution in [2.45, 2.75) is 50.4 Å². The van der Waals surface area contributed by atoms with Crippen molar-refractivity contribution in [3.63, 3.8) is 0 Å². The summed E-state index contributed by atoms with van der Waals surface area (Å²) in [5.74, 6) is -0.739. The van der Waals surface area contributed by atoms with E-state index in [1.54, 1.807) is 13.2 Å². The normalized spacial score (nSPS) is 12.8. The molecule has 0 aliphatic rings. The van der Waals surface area contributed by atoms with Gasteiger partial charge < -0.3 is 9.47 Å². The maximum absolute atomic E-state index is 14.5.